The van der Waals surface area contributed by atoms with Gasteiger partial charge in [0.25, 0.3) is 0 Å². The van der Waals surface area contributed by atoms with Crippen molar-refractivity contribution in [2.45, 2.75) is 12.6 Å². The number of furan rings is 1. The predicted molar refractivity (Wildman–Crippen MR) is 123 cm³/mol. The van der Waals surface area contributed by atoms with Crippen molar-refractivity contribution in [3.05, 3.63) is 84.3 Å². The van der Waals surface area contributed by atoms with Crippen LogP contribution in [-0.2, 0) is 11.3 Å². The van der Waals surface area contributed by atoms with Gasteiger partial charge >= 0.3 is 6.09 Å². The first kappa shape index (κ1) is 21.8. The van der Waals surface area contributed by atoms with Gasteiger partial charge in [0.15, 0.2) is 0 Å². The molecule has 7 heteroatoms. The van der Waals surface area contributed by atoms with Crippen molar-refractivity contribution in [2.24, 2.45) is 0 Å². The van der Waals surface area contributed by atoms with Crippen molar-refractivity contribution in [3.63, 3.8) is 0 Å². The lowest BCUT2D eigenvalue weighted by atomic mass is 10.1. The molecule has 0 bridgehead atoms. The molecular weight excluding hydrogens is 406 g/mol. The Kier molecular flexibility index (Phi) is 7.30. The Morgan fingerprint density at radius 2 is 1.75 bits per heavy atom. The number of benzene rings is 2. The fourth-order valence-corrected chi connectivity index (χ4v) is 3.93. The van der Waals surface area contributed by atoms with Crippen LogP contribution in [-0.4, -0.2) is 50.8 Å². The number of nitrogens with zero attached hydrogens (tertiary/aromatic N) is 2. The molecule has 0 aliphatic carbocycles. The van der Waals surface area contributed by atoms with Gasteiger partial charge in [-0.15, -0.1) is 0 Å². The summed E-state index contributed by atoms with van der Waals surface area (Å²) in [6, 6.07) is 21.6. The van der Waals surface area contributed by atoms with Crippen LogP contribution in [0, 0.1) is 0 Å². The van der Waals surface area contributed by atoms with E-state index in [9.17, 15) is 4.79 Å². The number of hydrogen-bond acceptors (Lipinski definition) is 6. The number of carbonyl (C=O) groups excluding carboxylic acids is 1. The summed E-state index contributed by atoms with van der Waals surface area (Å²) < 4.78 is 16.3. The molecule has 0 radical (unpaired) electrons. The van der Waals surface area contributed by atoms with E-state index in [0.29, 0.717) is 6.54 Å². The predicted octanol–water partition coefficient (Wildman–Crippen LogP) is 4.08. The molecule has 1 amide bonds. The SMILES string of the molecule is COc1ccc(N2CCN([C@H](CNC(=O)OCc3ccccc3)c3ccco3)CC2)cc1. The van der Waals surface area contributed by atoms with E-state index in [4.69, 9.17) is 13.9 Å². The number of rotatable bonds is 8. The molecule has 1 N–H and O–H groups in total. The molecule has 168 valence electrons. The van der Waals surface area contributed by atoms with Crippen molar-refractivity contribution >= 4 is 11.8 Å². The second-order valence-electron chi connectivity index (χ2n) is 7.69. The summed E-state index contributed by atoms with van der Waals surface area (Å²) >= 11 is 0. The lowest BCUT2D eigenvalue weighted by Gasteiger charge is -2.39. The minimum Gasteiger partial charge on any atom is -0.497 e. The summed E-state index contributed by atoms with van der Waals surface area (Å²) in [5.74, 6) is 1.70. The third kappa shape index (κ3) is 5.62. The summed E-state index contributed by atoms with van der Waals surface area (Å²) in [6.07, 6.45) is 1.24. The molecule has 32 heavy (non-hydrogen) atoms. The Bertz CT molecular complexity index is 953. The van der Waals surface area contributed by atoms with E-state index in [1.807, 2.05) is 54.6 Å². The monoisotopic (exact) mass is 435 g/mol. The smallest absolute Gasteiger partial charge is 0.407 e. The Hall–Kier alpha value is -3.45. The van der Waals surface area contributed by atoms with Gasteiger partial charge in [-0.05, 0) is 42.0 Å². The lowest BCUT2D eigenvalue weighted by Crippen LogP contribution is -2.49. The third-order valence-electron chi connectivity index (χ3n) is 5.72. The summed E-state index contributed by atoms with van der Waals surface area (Å²) in [7, 11) is 1.67. The van der Waals surface area contributed by atoms with Crippen LogP contribution in [0.1, 0.15) is 17.4 Å². The summed E-state index contributed by atoms with van der Waals surface area (Å²) in [6.45, 7) is 4.17. The zero-order valence-corrected chi connectivity index (χ0v) is 18.3. The Morgan fingerprint density at radius 1 is 1.00 bits per heavy atom. The zero-order chi connectivity index (χ0) is 22.2. The second-order valence-corrected chi connectivity index (χ2v) is 7.69. The molecular formula is C25H29N3O4. The van der Waals surface area contributed by atoms with Crippen molar-refractivity contribution in [1.29, 1.82) is 0 Å². The van der Waals surface area contributed by atoms with E-state index in [1.165, 1.54) is 5.69 Å². The van der Waals surface area contributed by atoms with Gasteiger partial charge in [-0.2, -0.15) is 0 Å². The lowest BCUT2D eigenvalue weighted by molar-refractivity contribution is 0.126. The number of piperazine rings is 1. The highest BCUT2D eigenvalue weighted by Crippen LogP contribution is 2.25. The maximum absolute atomic E-state index is 12.3. The summed E-state index contributed by atoms with van der Waals surface area (Å²) in [5.41, 5.74) is 2.14. The van der Waals surface area contributed by atoms with Gasteiger partial charge < -0.3 is 24.1 Å². The fraction of sp³-hybridized carbons (Fsp3) is 0.320. The molecule has 4 rings (SSSR count). The molecule has 1 aliphatic heterocycles. The van der Waals surface area contributed by atoms with Gasteiger partial charge in [0, 0.05) is 38.4 Å². The van der Waals surface area contributed by atoms with Gasteiger partial charge in [-0.1, -0.05) is 30.3 Å². The average Bonchev–Trinajstić information content (AvgIpc) is 3.39. The van der Waals surface area contributed by atoms with Crippen LogP contribution >= 0.6 is 0 Å². The van der Waals surface area contributed by atoms with Crippen LogP contribution in [0.5, 0.6) is 5.75 Å². The topological polar surface area (TPSA) is 67.2 Å². The molecule has 1 atom stereocenters. The molecule has 3 aromatic rings. The highest BCUT2D eigenvalue weighted by molar-refractivity contribution is 5.67. The molecule has 7 nitrogen and oxygen atoms in total. The highest BCUT2D eigenvalue weighted by Gasteiger charge is 2.27. The number of carbonyl (C=O) groups is 1. The van der Waals surface area contributed by atoms with Gasteiger partial charge in [0.2, 0.25) is 0 Å². The molecule has 1 fully saturated rings. The molecule has 0 spiro atoms. The minimum atomic E-state index is -0.428. The minimum absolute atomic E-state index is 0.0488. The molecule has 0 unspecified atom stereocenters. The largest absolute Gasteiger partial charge is 0.497 e. The molecule has 1 aliphatic rings. The van der Waals surface area contributed by atoms with E-state index in [-0.39, 0.29) is 12.6 Å². The molecule has 2 heterocycles. The number of ether oxygens (including phenoxy) is 2. The Labute approximate surface area is 188 Å². The molecule has 1 aromatic heterocycles. The zero-order valence-electron chi connectivity index (χ0n) is 18.3. The number of nitrogens with one attached hydrogen (secondary N) is 1. The Balaban J connectivity index is 1.31. The number of hydrogen-bond donors (Lipinski definition) is 1. The molecule has 2 aromatic carbocycles. The van der Waals surface area contributed by atoms with Crippen LogP contribution in [0.4, 0.5) is 10.5 Å². The first-order valence-corrected chi connectivity index (χ1v) is 10.8. The third-order valence-corrected chi connectivity index (χ3v) is 5.72. The van der Waals surface area contributed by atoms with E-state index in [1.54, 1.807) is 13.4 Å². The number of amides is 1. The normalized spacial score (nSPS) is 15.2. The molecule has 0 saturated carbocycles. The van der Waals surface area contributed by atoms with Crippen molar-refractivity contribution in [1.82, 2.24) is 10.2 Å². The van der Waals surface area contributed by atoms with Gasteiger partial charge in [-0.3, -0.25) is 4.90 Å². The van der Waals surface area contributed by atoms with Gasteiger partial charge in [0.1, 0.15) is 18.1 Å². The van der Waals surface area contributed by atoms with Crippen molar-refractivity contribution < 1.29 is 18.7 Å². The summed E-state index contributed by atoms with van der Waals surface area (Å²) in [5, 5.41) is 2.90. The van der Waals surface area contributed by atoms with Crippen LogP contribution < -0.4 is 15.0 Å². The van der Waals surface area contributed by atoms with E-state index >= 15 is 0 Å². The van der Waals surface area contributed by atoms with E-state index in [2.05, 4.69) is 27.2 Å². The van der Waals surface area contributed by atoms with Crippen molar-refractivity contribution in [2.75, 3.05) is 44.7 Å². The second kappa shape index (κ2) is 10.7. The standard InChI is InChI=1S/C25H29N3O4/c1-30-22-11-9-21(10-12-22)27-13-15-28(16-14-27)23(24-8-5-17-31-24)18-26-25(29)32-19-20-6-3-2-4-7-20/h2-12,17,23H,13-16,18-19H2,1H3,(H,26,29)/t23-/m1/s1. The van der Waals surface area contributed by atoms with Crippen LogP contribution in [0.15, 0.2) is 77.4 Å². The average molecular weight is 436 g/mol. The number of alkyl carbamates (subject to hydrolysis) is 1. The Morgan fingerprint density at radius 3 is 2.41 bits per heavy atom. The van der Waals surface area contributed by atoms with Crippen molar-refractivity contribution in [3.8, 4) is 5.75 Å². The van der Waals surface area contributed by atoms with E-state index < -0.39 is 6.09 Å². The van der Waals surface area contributed by atoms with Crippen LogP contribution in [0.3, 0.4) is 0 Å². The van der Waals surface area contributed by atoms with Gasteiger partial charge in [0.05, 0.1) is 19.4 Å². The first-order valence-electron chi connectivity index (χ1n) is 10.8. The maximum atomic E-state index is 12.3. The van der Waals surface area contributed by atoms with Crippen LogP contribution in [0.25, 0.3) is 0 Å². The summed E-state index contributed by atoms with van der Waals surface area (Å²) in [4.78, 5) is 17.0. The highest BCUT2D eigenvalue weighted by atomic mass is 16.5. The van der Waals surface area contributed by atoms with E-state index in [0.717, 1.165) is 43.3 Å². The fourth-order valence-electron chi connectivity index (χ4n) is 3.93. The van der Waals surface area contributed by atoms with Gasteiger partial charge in [-0.25, -0.2) is 4.79 Å². The quantitative estimate of drug-likeness (QED) is 0.575. The first-order chi connectivity index (χ1) is 15.7. The number of methoxy groups -OCH3 is 1. The number of anilines is 1. The maximum Gasteiger partial charge on any atom is 0.407 e. The molecule has 1 saturated heterocycles. The van der Waals surface area contributed by atoms with Crippen LogP contribution in [0.2, 0.25) is 0 Å².